The molecule has 0 aliphatic rings. The summed E-state index contributed by atoms with van der Waals surface area (Å²) >= 11 is 0. The molecule has 2 atom stereocenters. The van der Waals surface area contributed by atoms with Crippen molar-refractivity contribution in [1.82, 2.24) is 10.3 Å². The van der Waals surface area contributed by atoms with E-state index in [1.807, 2.05) is 12.1 Å². The molecule has 1 heterocycles. The number of hydrogen-bond donors (Lipinski definition) is 3. The summed E-state index contributed by atoms with van der Waals surface area (Å²) in [6.45, 7) is 1.69. The fraction of sp³-hybridized carbons (Fsp3) is 0.500. The molecule has 3 rings (SSSR count). The Morgan fingerprint density at radius 1 is 0.881 bits per heavy atom. The summed E-state index contributed by atoms with van der Waals surface area (Å²) in [6.07, 6.45) is 6.63. The molecule has 1 aromatic heterocycles. The van der Waals surface area contributed by atoms with Crippen molar-refractivity contribution in [3.05, 3.63) is 65.9 Å². The average molecular weight is 583 g/mol. The van der Waals surface area contributed by atoms with E-state index in [0.717, 1.165) is 63.0 Å². The quantitative estimate of drug-likeness (QED) is 0.148. The van der Waals surface area contributed by atoms with Gasteiger partial charge in [-0.15, -0.1) is 0 Å². The molecular formula is C32H42N2O8. The van der Waals surface area contributed by atoms with Crippen LogP contribution < -0.4 is 5.32 Å². The van der Waals surface area contributed by atoms with Gasteiger partial charge < -0.3 is 29.4 Å². The van der Waals surface area contributed by atoms with Crippen LogP contribution in [0.4, 0.5) is 0 Å². The SMILES string of the molecule is CCCc1nc(CCCCCOC(C(=O)NCCCCCc2ccc3ccccc3c2)C(OCC(=O)O)C(=O)O)co1. The highest BCUT2D eigenvalue weighted by Crippen LogP contribution is 2.17. The lowest BCUT2D eigenvalue weighted by Gasteiger charge is -2.23. The van der Waals surface area contributed by atoms with Gasteiger partial charge in [0, 0.05) is 19.6 Å². The molecule has 2 aromatic carbocycles. The Hall–Kier alpha value is -3.76. The van der Waals surface area contributed by atoms with Gasteiger partial charge in [-0.3, -0.25) is 4.79 Å². The van der Waals surface area contributed by atoms with E-state index in [9.17, 15) is 19.5 Å². The van der Waals surface area contributed by atoms with Gasteiger partial charge in [-0.25, -0.2) is 14.6 Å². The number of aliphatic carboxylic acids is 2. The minimum atomic E-state index is -1.74. The Morgan fingerprint density at radius 2 is 1.64 bits per heavy atom. The fourth-order valence-electron chi connectivity index (χ4n) is 4.67. The normalized spacial score (nSPS) is 12.7. The van der Waals surface area contributed by atoms with Crippen molar-refractivity contribution in [1.29, 1.82) is 0 Å². The lowest BCUT2D eigenvalue weighted by Crippen LogP contribution is -2.49. The highest BCUT2D eigenvalue weighted by atomic mass is 16.6. The zero-order valence-electron chi connectivity index (χ0n) is 24.3. The van der Waals surface area contributed by atoms with Crippen LogP contribution in [0.15, 0.2) is 53.1 Å². The van der Waals surface area contributed by atoms with Crippen LogP contribution >= 0.6 is 0 Å². The Kier molecular flexibility index (Phi) is 14.0. The summed E-state index contributed by atoms with van der Waals surface area (Å²) in [5, 5.41) is 23.7. The molecule has 0 bridgehead atoms. The number of carboxylic acids is 2. The third-order valence-corrected chi connectivity index (χ3v) is 6.86. The predicted molar refractivity (Wildman–Crippen MR) is 157 cm³/mol. The maximum Gasteiger partial charge on any atom is 0.336 e. The van der Waals surface area contributed by atoms with E-state index in [2.05, 4.69) is 47.6 Å². The maximum atomic E-state index is 12.9. The number of ether oxygens (including phenoxy) is 2. The number of benzene rings is 2. The lowest BCUT2D eigenvalue weighted by atomic mass is 10.0. The Bertz CT molecular complexity index is 1270. The average Bonchev–Trinajstić information content (AvgIpc) is 3.42. The molecule has 42 heavy (non-hydrogen) atoms. The zero-order chi connectivity index (χ0) is 30.2. The van der Waals surface area contributed by atoms with E-state index in [1.165, 1.54) is 16.3 Å². The Morgan fingerprint density at radius 3 is 2.40 bits per heavy atom. The summed E-state index contributed by atoms with van der Waals surface area (Å²) < 4.78 is 16.1. The van der Waals surface area contributed by atoms with Crippen molar-refractivity contribution in [2.24, 2.45) is 0 Å². The zero-order valence-corrected chi connectivity index (χ0v) is 24.3. The molecule has 0 fully saturated rings. The molecule has 3 N–H and O–H groups in total. The molecular weight excluding hydrogens is 540 g/mol. The summed E-state index contributed by atoms with van der Waals surface area (Å²) in [4.78, 5) is 40.2. The van der Waals surface area contributed by atoms with Crippen molar-refractivity contribution in [2.75, 3.05) is 19.8 Å². The summed E-state index contributed by atoms with van der Waals surface area (Å²) in [7, 11) is 0. The molecule has 0 aliphatic heterocycles. The first-order valence-electron chi connectivity index (χ1n) is 14.7. The van der Waals surface area contributed by atoms with Crippen molar-refractivity contribution in [2.45, 2.75) is 83.3 Å². The van der Waals surface area contributed by atoms with E-state index in [-0.39, 0.29) is 6.61 Å². The number of unbranched alkanes of at least 4 members (excludes halogenated alkanes) is 4. The first-order valence-corrected chi connectivity index (χ1v) is 14.7. The second-order valence-electron chi connectivity index (χ2n) is 10.3. The lowest BCUT2D eigenvalue weighted by molar-refractivity contribution is -0.172. The van der Waals surface area contributed by atoms with Gasteiger partial charge in [0.1, 0.15) is 12.9 Å². The summed E-state index contributed by atoms with van der Waals surface area (Å²) in [6, 6.07) is 14.7. The number of fused-ring (bicyclic) bond motifs is 1. The molecule has 1 amide bonds. The van der Waals surface area contributed by atoms with Crippen LogP contribution in [0.1, 0.15) is 69.0 Å². The third-order valence-electron chi connectivity index (χ3n) is 6.86. The number of aryl methyl sites for hydroxylation is 3. The largest absolute Gasteiger partial charge is 0.480 e. The first-order chi connectivity index (χ1) is 20.4. The molecule has 2 unspecified atom stereocenters. The Labute approximate surface area is 246 Å². The van der Waals surface area contributed by atoms with E-state index >= 15 is 0 Å². The van der Waals surface area contributed by atoms with Gasteiger partial charge >= 0.3 is 11.9 Å². The van der Waals surface area contributed by atoms with Crippen molar-refractivity contribution >= 4 is 28.6 Å². The van der Waals surface area contributed by atoms with Gasteiger partial charge in [0.05, 0.1) is 5.69 Å². The Balaban J connectivity index is 1.41. The summed E-state index contributed by atoms with van der Waals surface area (Å²) in [5.74, 6) is -2.69. The van der Waals surface area contributed by atoms with Crippen LogP contribution in [0.2, 0.25) is 0 Å². The van der Waals surface area contributed by atoms with E-state index < -0.39 is 36.7 Å². The number of carbonyl (C=O) groups is 3. The van der Waals surface area contributed by atoms with Crippen LogP contribution in [0.5, 0.6) is 0 Å². The van der Waals surface area contributed by atoms with Crippen LogP contribution in [-0.2, 0) is 43.1 Å². The smallest absolute Gasteiger partial charge is 0.336 e. The van der Waals surface area contributed by atoms with Gasteiger partial charge in [-0.1, -0.05) is 62.2 Å². The maximum absolute atomic E-state index is 12.9. The fourth-order valence-corrected chi connectivity index (χ4v) is 4.67. The number of nitrogens with one attached hydrogen (secondary N) is 1. The van der Waals surface area contributed by atoms with Crippen molar-refractivity contribution in [3.8, 4) is 0 Å². The number of carboxylic acid groups (broad SMARTS) is 2. The van der Waals surface area contributed by atoms with Gasteiger partial charge in [-0.05, 0) is 61.3 Å². The number of amides is 1. The molecule has 228 valence electrons. The molecule has 10 nitrogen and oxygen atoms in total. The summed E-state index contributed by atoms with van der Waals surface area (Å²) in [5.41, 5.74) is 2.15. The molecule has 0 aliphatic carbocycles. The van der Waals surface area contributed by atoms with E-state index in [0.29, 0.717) is 19.4 Å². The second kappa shape index (κ2) is 17.9. The van der Waals surface area contributed by atoms with Crippen LogP contribution in [-0.4, -0.2) is 65.0 Å². The van der Waals surface area contributed by atoms with Gasteiger partial charge in [-0.2, -0.15) is 0 Å². The van der Waals surface area contributed by atoms with Crippen LogP contribution in [0.3, 0.4) is 0 Å². The van der Waals surface area contributed by atoms with Crippen molar-refractivity contribution in [3.63, 3.8) is 0 Å². The minimum Gasteiger partial charge on any atom is -0.480 e. The van der Waals surface area contributed by atoms with Crippen LogP contribution in [0, 0.1) is 0 Å². The van der Waals surface area contributed by atoms with Gasteiger partial charge in [0.2, 0.25) is 0 Å². The molecule has 0 saturated heterocycles. The van der Waals surface area contributed by atoms with E-state index in [4.69, 9.17) is 19.0 Å². The highest BCUT2D eigenvalue weighted by molar-refractivity contribution is 5.88. The number of nitrogens with zero attached hydrogens (tertiary/aromatic N) is 1. The predicted octanol–water partition coefficient (Wildman–Crippen LogP) is 4.96. The first kappa shape index (κ1) is 32.8. The van der Waals surface area contributed by atoms with E-state index in [1.54, 1.807) is 6.26 Å². The van der Waals surface area contributed by atoms with Gasteiger partial charge in [0.25, 0.3) is 5.91 Å². The molecule has 3 aromatic rings. The molecule has 0 saturated carbocycles. The number of oxazole rings is 1. The topological polar surface area (TPSA) is 148 Å². The van der Waals surface area contributed by atoms with Gasteiger partial charge in [0.15, 0.2) is 18.1 Å². The number of carbonyl (C=O) groups excluding carboxylic acids is 1. The second-order valence-corrected chi connectivity index (χ2v) is 10.3. The number of aromatic nitrogens is 1. The number of hydrogen-bond acceptors (Lipinski definition) is 7. The minimum absolute atomic E-state index is 0.129. The number of rotatable bonds is 21. The van der Waals surface area contributed by atoms with Crippen molar-refractivity contribution < 1.29 is 38.5 Å². The van der Waals surface area contributed by atoms with Crippen LogP contribution in [0.25, 0.3) is 10.8 Å². The third kappa shape index (κ3) is 11.3. The standard InChI is InChI=1S/C32H42N2O8/c1-2-11-27-34-26(21-41-27)15-6-4-10-19-40-29(30(32(38)39)42-22-28(35)36)31(37)33-18-9-3-5-12-23-16-17-24-13-7-8-14-25(24)20-23/h7-8,13-14,16-17,20-21,29-30H,2-6,9-12,15,18-19,22H2,1H3,(H,33,37)(H,35,36)(H,38,39). The molecule has 10 heteroatoms. The molecule has 0 spiro atoms. The molecule has 0 radical (unpaired) electrons. The monoisotopic (exact) mass is 582 g/mol. The highest BCUT2D eigenvalue weighted by Gasteiger charge is 2.36.